The number of hydrogen-bond acceptors (Lipinski definition) is 4. The fraction of sp³-hybridized carbons (Fsp3) is 0.400. The lowest BCUT2D eigenvalue weighted by molar-refractivity contribution is -0.272. The molecule has 1 N–H and O–H groups in total. The summed E-state index contributed by atoms with van der Waals surface area (Å²) in [6.07, 6.45) is -5.05. The van der Waals surface area contributed by atoms with Crippen LogP contribution < -0.4 is 10.1 Å². The molecule has 0 spiro atoms. The molecule has 1 aromatic heterocycles. The van der Waals surface area contributed by atoms with Gasteiger partial charge >= 0.3 is 6.18 Å². The number of hydrogen-bond donors (Lipinski definition) is 1. The third-order valence-corrected chi connectivity index (χ3v) is 6.15. The lowest BCUT2D eigenvalue weighted by atomic mass is 9.77. The molecule has 0 aliphatic carbocycles. The standard InChI is InChI=1S/C20H18F5IN2O3/c1-9-14(11-4-5-12(21)15(22)16(11)30-3)17(31-19(9,2)20(23,24)25)18(29)28-10-6-7-27-13(26)8-10/h4-9,14,17H,1-3H3,(H,27,28,29)/t9-,14-,17+,19+/m0/s1. The van der Waals surface area contributed by atoms with Gasteiger partial charge < -0.3 is 14.8 Å². The Balaban J connectivity index is 2.09. The number of alkyl halides is 3. The van der Waals surface area contributed by atoms with E-state index >= 15 is 0 Å². The van der Waals surface area contributed by atoms with E-state index in [-0.39, 0.29) is 5.56 Å². The molecule has 1 aliphatic rings. The minimum atomic E-state index is -4.82. The van der Waals surface area contributed by atoms with Crippen LogP contribution in [0.15, 0.2) is 30.5 Å². The maximum atomic E-state index is 14.3. The lowest BCUT2D eigenvalue weighted by Gasteiger charge is -2.32. The average molecular weight is 556 g/mol. The Morgan fingerprint density at radius 2 is 1.97 bits per heavy atom. The number of carbonyl (C=O) groups is 1. The predicted molar refractivity (Wildman–Crippen MR) is 110 cm³/mol. The highest BCUT2D eigenvalue weighted by atomic mass is 127. The number of amides is 1. The van der Waals surface area contributed by atoms with E-state index in [2.05, 4.69) is 10.3 Å². The van der Waals surface area contributed by atoms with Gasteiger partial charge in [0, 0.05) is 29.3 Å². The van der Waals surface area contributed by atoms with Crippen molar-refractivity contribution in [3.05, 3.63) is 51.4 Å². The number of benzene rings is 1. The summed E-state index contributed by atoms with van der Waals surface area (Å²) in [7, 11) is 1.07. The molecule has 1 aliphatic heterocycles. The first kappa shape index (κ1) is 23.6. The van der Waals surface area contributed by atoms with Crippen molar-refractivity contribution in [3.8, 4) is 5.75 Å². The molecule has 168 valence electrons. The van der Waals surface area contributed by atoms with E-state index < -0.39 is 53.0 Å². The Hall–Kier alpha value is -2.02. The van der Waals surface area contributed by atoms with Gasteiger partial charge in [0.15, 0.2) is 17.2 Å². The van der Waals surface area contributed by atoms with E-state index in [1.165, 1.54) is 25.3 Å². The second-order valence-corrected chi connectivity index (χ2v) is 8.40. The van der Waals surface area contributed by atoms with Gasteiger partial charge in [-0.05, 0) is 47.7 Å². The molecule has 2 aromatic rings. The lowest BCUT2D eigenvalue weighted by Crippen LogP contribution is -2.47. The Labute approximate surface area is 188 Å². The van der Waals surface area contributed by atoms with Crippen LogP contribution >= 0.6 is 22.6 Å². The van der Waals surface area contributed by atoms with Gasteiger partial charge in [0.05, 0.1) is 7.11 Å². The van der Waals surface area contributed by atoms with Crippen molar-refractivity contribution in [2.45, 2.75) is 37.6 Å². The topological polar surface area (TPSA) is 60.5 Å². The summed E-state index contributed by atoms with van der Waals surface area (Å²) in [6, 6.07) is 4.88. The maximum absolute atomic E-state index is 14.3. The van der Waals surface area contributed by atoms with Crippen LogP contribution in [0.25, 0.3) is 0 Å². The molecule has 0 bridgehead atoms. The molecule has 0 saturated carbocycles. The van der Waals surface area contributed by atoms with Crippen LogP contribution in [0, 0.1) is 21.3 Å². The number of ether oxygens (including phenoxy) is 2. The van der Waals surface area contributed by atoms with E-state index in [0.29, 0.717) is 9.39 Å². The number of nitrogens with zero attached hydrogens (tertiary/aromatic N) is 1. The third-order valence-electron chi connectivity index (χ3n) is 5.56. The van der Waals surface area contributed by atoms with Crippen molar-refractivity contribution < 1.29 is 36.2 Å². The Morgan fingerprint density at radius 1 is 1.29 bits per heavy atom. The Kier molecular flexibility index (Phi) is 6.47. The molecule has 0 radical (unpaired) electrons. The number of halogens is 6. The summed E-state index contributed by atoms with van der Waals surface area (Å²) in [5.74, 6) is -6.59. The number of anilines is 1. The Bertz CT molecular complexity index is 1000. The van der Waals surface area contributed by atoms with E-state index in [1.54, 1.807) is 0 Å². The van der Waals surface area contributed by atoms with Gasteiger partial charge in [-0.3, -0.25) is 9.78 Å². The minimum Gasteiger partial charge on any atom is -0.493 e. The van der Waals surface area contributed by atoms with Crippen molar-refractivity contribution in [1.29, 1.82) is 0 Å². The number of aromatic nitrogens is 1. The van der Waals surface area contributed by atoms with E-state index in [4.69, 9.17) is 9.47 Å². The van der Waals surface area contributed by atoms with Gasteiger partial charge in [-0.25, -0.2) is 4.39 Å². The van der Waals surface area contributed by atoms with Gasteiger partial charge in [0.2, 0.25) is 5.82 Å². The molecule has 5 nitrogen and oxygen atoms in total. The molecular formula is C20H18F5IN2O3. The fourth-order valence-electron chi connectivity index (χ4n) is 3.73. The third kappa shape index (κ3) is 4.21. The highest BCUT2D eigenvalue weighted by molar-refractivity contribution is 14.1. The van der Waals surface area contributed by atoms with Crippen LogP contribution in [0.4, 0.5) is 27.6 Å². The van der Waals surface area contributed by atoms with Crippen LogP contribution in [0.5, 0.6) is 5.75 Å². The molecule has 3 rings (SSSR count). The summed E-state index contributed by atoms with van der Waals surface area (Å²) < 4.78 is 80.5. The molecule has 2 heterocycles. The summed E-state index contributed by atoms with van der Waals surface area (Å²) >= 11 is 1.91. The zero-order valence-corrected chi connectivity index (χ0v) is 18.7. The van der Waals surface area contributed by atoms with Crippen molar-refractivity contribution in [3.63, 3.8) is 0 Å². The first-order valence-corrected chi connectivity index (χ1v) is 10.2. The number of nitrogens with one attached hydrogen (secondary N) is 1. The molecule has 1 saturated heterocycles. The van der Waals surface area contributed by atoms with E-state index in [9.17, 15) is 26.7 Å². The van der Waals surface area contributed by atoms with Crippen LogP contribution in [0.2, 0.25) is 0 Å². The number of rotatable bonds is 4. The first-order chi connectivity index (χ1) is 14.4. The second-order valence-electron chi connectivity index (χ2n) is 7.30. The van der Waals surface area contributed by atoms with Crippen molar-refractivity contribution in [1.82, 2.24) is 4.98 Å². The summed E-state index contributed by atoms with van der Waals surface area (Å²) in [5, 5.41) is 2.51. The zero-order chi connectivity index (χ0) is 23.1. The average Bonchev–Trinajstić information content (AvgIpc) is 2.96. The molecule has 1 fully saturated rings. The van der Waals surface area contributed by atoms with Crippen LogP contribution in [-0.4, -0.2) is 35.9 Å². The minimum absolute atomic E-state index is 0.0914. The number of methoxy groups -OCH3 is 1. The summed E-state index contributed by atoms with van der Waals surface area (Å²) in [5.41, 5.74) is -2.49. The number of pyridine rings is 1. The molecular weight excluding hydrogens is 538 g/mol. The van der Waals surface area contributed by atoms with Gasteiger partial charge in [-0.15, -0.1) is 0 Å². The van der Waals surface area contributed by atoms with Gasteiger partial charge in [-0.1, -0.05) is 13.0 Å². The monoisotopic (exact) mass is 556 g/mol. The highest BCUT2D eigenvalue weighted by Gasteiger charge is 2.65. The Morgan fingerprint density at radius 3 is 2.55 bits per heavy atom. The van der Waals surface area contributed by atoms with Crippen molar-refractivity contribution in [2.24, 2.45) is 5.92 Å². The van der Waals surface area contributed by atoms with Crippen LogP contribution in [-0.2, 0) is 9.53 Å². The molecule has 1 amide bonds. The largest absolute Gasteiger partial charge is 0.493 e. The van der Waals surface area contributed by atoms with Gasteiger partial charge in [-0.2, -0.15) is 17.6 Å². The first-order valence-electron chi connectivity index (χ1n) is 9.09. The second kappa shape index (κ2) is 8.49. The van der Waals surface area contributed by atoms with Crippen molar-refractivity contribution in [2.75, 3.05) is 12.4 Å². The number of carbonyl (C=O) groups excluding carboxylic acids is 1. The summed E-state index contributed by atoms with van der Waals surface area (Å²) in [6.45, 7) is 2.08. The van der Waals surface area contributed by atoms with E-state index in [1.807, 2.05) is 22.6 Å². The van der Waals surface area contributed by atoms with Crippen LogP contribution in [0.1, 0.15) is 25.3 Å². The van der Waals surface area contributed by atoms with Crippen LogP contribution in [0.3, 0.4) is 0 Å². The molecule has 11 heteroatoms. The van der Waals surface area contributed by atoms with Gasteiger partial charge in [0.1, 0.15) is 9.80 Å². The predicted octanol–water partition coefficient (Wildman–Crippen LogP) is 5.05. The zero-order valence-electron chi connectivity index (χ0n) is 16.6. The normalized spacial score (nSPS) is 26.0. The smallest absolute Gasteiger partial charge is 0.417 e. The van der Waals surface area contributed by atoms with Gasteiger partial charge in [0.25, 0.3) is 5.91 Å². The molecule has 1 aromatic carbocycles. The van der Waals surface area contributed by atoms with Crippen molar-refractivity contribution >= 4 is 34.2 Å². The molecule has 4 atom stereocenters. The SMILES string of the molecule is COc1c([C@H]2[C@H](C(=O)Nc3ccnc(I)c3)O[C@@](C)(C(F)(F)F)[C@H]2C)ccc(F)c1F. The molecule has 31 heavy (non-hydrogen) atoms. The fourth-order valence-corrected chi connectivity index (χ4v) is 4.23. The summed E-state index contributed by atoms with van der Waals surface area (Å²) in [4.78, 5) is 17.0. The molecule has 0 unspecified atom stereocenters. The quantitative estimate of drug-likeness (QED) is 0.326. The maximum Gasteiger partial charge on any atom is 0.417 e. The van der Waals surface area contributed by atoms with E-state index in [0.717, 1.165) is 26.2 Å². The highest BCUT2D eigenvalue weighted by Crippen LogP contribution is 2.54.